The van der Waals surface area contributed by atoms with E-state index in [1.165, 1.54) is 0 Å². The van der Waals surface area contributed by atoms with E-state index in [1.807, 2.05) is 31.2 Å². The van der Waals surface area contributed by atoms with Gasteiger partial charge in [-0.15, -0.1) is 0 Å². The maximum absolute atomic E-state index is 12.1. The van der Waals surface area contributed by atoms with Gasteiger partial charge >= 0.3 is 5.97 Å². The van der Waals surface area contributed by atoms with Crippen molar-refractivity contribution >= 4 is 11.9 Å². The van der Waals surface area contributed by atoms with Crippen molar-refractivity contribution in [3.8, 4) is 11.5 Å². The predicted octanol–water partition coefficient (Wildman–Crippen LogP) is 2.61. The number of nitrogens with one attached hydrogen (secondary N) is 1. The maximum atomic E-state index is 12.1. The molecule has 138 valence electrons. The third-order valence-electron chi connectivity index (χ3n) is 3.65. The lowest BCUT2D eigenvalue weighted by molar-refractivity contribution is -0.124. The molecule has 1 N–H and O–H groups in total. The van der Waals surface area contributed by atoms with Crippen molar-refractivity contribution < 1.29 is 23.8 Å². The van der Waals surface area contributed by atoms with Crippen molar-refractivity contribution in [2.24, 2.45) is 0 Å². The van der Waals surface area contributed by atoms with Gasteiger partial charge in [0.05, 0.1) is 13.7 Å². The van der Waals surface area contributed by atoms with Crippen LogP contribution in [-0.4, -0.2) is 38.7 Å². The summed E-state index contributed by atoms with van der Waals surface area (Å²) < 4.78 is 15.7. The van der Waals surface area contributed by atoms with E-state index in [4.69, 9.17) is 14.2 Å². The van der Waals surface area contributed by atoms with E-state index in [0.717, 1.165) is 11.3 Å². The molecule has 2 rings (SSSR count). The second-order valence-corrected chi connectivity index (χ2v) is 5.42. The number of para-hydroxylation sites is 2. The lowest BCUT2D eigenvalue weighted by atomic mass is 10.1. The monoisotopic (exact) mass is 357 g/mol. The standard InChI is InChI=1S/C20H23NO5/c1-3-25-18-11-7-5-9-16(18)20(23)26-14-19(22)21-13-12-15-8-4-6-10-17(15)24-2/h4-11H,3,12-14H2,1-2H3,(H,21,22). The molecule has 0 spiro atoms. The van der Waals surface area contributed by atoms with Gasteiger partial charge in [0.25, 0.3) is 5.91 Å². The Bertz CT molecular complexity index is 744. The highest BCUT2D eigenvalue weighted by Gasteiger charge is 2.15. The fourth-order valence-corrected chi connectivity index (χ4v) is 2.42. The van der Waals surface area contributed by atoms with Crippen LogP contribution in [0, 0.1) is 0 Å². The number of amides is 1. The third-order valence-corrected chi connectivity index (χ3v) is 3.65. The highest BCUT2D eigenvalue weighted by atomic mass is 16.5. The van der Waals surface area contributed by atoms with Crippen LogP contribution in [0.3, 0.4) is 0 Å². The summed E-state index contributed by atoms with van der Waals surface area (Å²) in [4.78, 5) is 24.0. The van der Waals surface area contributed by atoms with E-state index >= 15 is 0 Å². The summed E-state index contributed by atoms with van der Waals surface area (Å²) in [5, 5.41) is 2.73. The number of ether oxygens (including phenoxy) is 3. The van der Waals surface area contributed by atoms with Gasteiger partial charge in [-0.1, -0.05) is 30.3 Å². The summed E-state index contributed by atoms with van der Waals surface area (Å²) in [6, 6.07) is 14.4. The molecule has 0 aliphatic heterocycles. The second kappa shape index (κ2) is 10.1. The molecule has 6 nitrogen and oxygen atoms in total. The number of hydrogen-bond acceptors (Lipinski definition) is 5. The van der Waals surface area contributed by atoms with Crippen molar-refractivity contribution in [1.82, 2.24) is 5.32 Å². The molecule has 2 aromatic carbocycles. The molecule has 0 fully saturated rings. The molecular weight excluding hydrogens is 334 g/mol. The first-order chi connectivity index (χ1) is 12.7. The molecular formula is C20H23NO5. The lowest BCUT2D eigenvalue weighted by Gasteiger charge is -2.11. The first-order valence-corrected chi connectivity index (χ1v) is 8.43. The smallest absolute Gasteiger partial charge is 0.342 e. The SMILES string of the molecule is CCOc1ccccc1C(=O)OCC(=O)NCCc1ccccc1OC. The summed E-state index contributed by atoms with van der Waals surface area (Å²) in [6.45, 7) is 2.35. The Kier molecular flexibility index (Phi) is 7.49. The summed E-state index contributed by atoms with van der Waals surface area (Å²) in [6.07, 6.45) is 0.622. The number of rotatable bonds is 9. The first kappa shape index (κ1) is 19.3. The van der Waals surface area contributed by atoms with Crippen molar-refractivity contribution in [2.45, 2.75) is 13.3 Å². The normalized spacial score (nSPS) is 10.1. The van der Waals surface area contributed by atoms with Gasteiger partial charge in [0, 0.05) is 6.54 Å². The van der Waals surface area contributed by atoms with Gasteiger partial charge in [-0.2, -0.15) is 0 Å². The maximum Gasteiger partial charge on any atom is 0.342 e. The quantitative estimate of drug-likeness (QED) is 0.699. The average Bonchev–Trinajstić information content (AvgIpc) is 2.67. The molecule has 0 heterocycles. The van der Waals surface area contributed by atoms with Crippen LogP contribution in [0.25, 0.3) is 0 Å². The van der Waals surface area contributed by atoms with E-state index in [2.05, 4.69) is 5.32 Å². The number of carbonyl (C=O) groups is 2. The minimum atomic E-state index is -0.589. The Hall–Kier alpha value is -3.02. The van der Waals surface area contributed by atoms with Crippen LogP contribution in [0.4, 0.5) is 0 Å². The summed E-state index contributed by atoms with van der Waals surface area (Å²) >= 11 is 0. The zero-order chi connectivity index (χ0) is 18.8. The van der Waals surface area contributed by atoms with E-state index < -0.39 is 5.97 Å². The van der Waals surface area contributed by atoms with Gasteiger partial charge in [-0.3, -0.25) is 4.79 Å². The van der Waals surface area contributed by atoms with Crippen LogP contribution >= 0.6 is 0 Å². The van der Waals surface area contributed by atoms with Gasteiger partial charge in [0.15, 0.2) is 6.61 Å². The molecule has 0 bridgehead atoms. The number of benzene rings is 2. The van der Waals surface area contributed by atoms with Gasteiger partial charge in [-0.05, 0) is 37.1 Å². The van der Waals surface area contributed by atoms with Gasteiger partial charge in [-0.25, -0.2) is 4.79 Å². The second-order valence-electron chi connectivity index (χ2n) is 5.42. The van der Waals surface area contributed by atoms with Crippen LogP contribution in [0.5, 0.6) is 11.5 Å². The molecule has 0 aliphatic rings. The Balaban J connectivity index is 1.79. The molecule has 0 aromatic heterocycles. The van der Waals surface area contributed by atoms with Crippen LogP contribution < -0.4 is 14.8 Å². The molecule has 26 heavy (non-hydrogen) atoms. The van der Waals surface area contributed by atoms with E-state index in [9.17, 15) is 9.59 Å². The minimum absolute atomic E-state index is 0.302. The van der Waals surface area contributed by atoms with E-state index in [1.54, 1.807) is 31.4 Å². The first-order valence-electron chi connectivity index (χ1n) is 8.43. The molecule has 0 saturated heterocycles. The zero-order valence-corrected chi connectivity index (χ0v) is 15.0. The molecule has 0 radical (unpaired) electrons. The van der Waals surface area contributed by atoms with Crippen LogP contribution in [0.1, 0.15) is 22.8 Å². The average molecular weight is 357 g/mol. The molecule has 6 heteroatoms. The molecule has 0 saturated carbocycles. The van der Waals surface area contributed by atoms with Gasteiger partial charge in [0.2, 0.25) is 0 Å². The molecule has 0 atom stereocenters. The van der Waals surface area contributed by atoms with Crippen LogP contribution in [0.2, 0.25) is 0 Å². The fraction of sp³-hybridized carbons (Fsp3) is 0.300. The number of hydrogen-bond donors (Lipinski definition) is 1. The Morgan fingerprint density at radius 3 is 2.42 bits per heavy atom. The molecule has 0 aliphatic carbocycles. The van der Waals surface area contributed by atoms with E-state index in [-0.39, 0.29) is 12.5 Å². The van der Waals surface area contributed by atoms with Gasteiger partial charge in [0.1, 0.15) is 17.1 Å². The molecule has 2 aromatic rings. The topological polar surface area (TPSA) is 73.9 Å². The van der Waals surface area contributed by atoms with Gasteiger partial charge < -0.3 is 19.5 Å². The minimum Gasteiger partial charge on any atom is -0.496 e. The summed E-state index contributed by atoms with van der Waals surface area (Å²) in [5.74, 6) is 0.272. The Morgan fingerprint density at radius 2 is 1.69 bits per heavy atom. The molecule has 1 amide bonds. The highest BCUT2D eigenvalue weighted by Crippen LogP contribution is 2.19. The van der Waals surface area contributed by atoms with Crippen molar-refractivity contribution in [3.05, 3.63) is 59.7 Å². The summed E-state index contributed by atoms with van der Waals surface area (Å²) in [5.41, 5.74) is 1.30. The van der Waals surface area contributed by atoms with Crippen molar-refractivity contribution in [3.63, 3.8) is 0 Å². The third kappa shape index (κ3) is 5.51. The zero-order valence-electron chi connectivity index (χ0n) is 15.0. The molecule has 0 unspecified atom stereocenters. The van der Waals surface area contributed by atoms with Crippen LogP contribution in [0.15, 0.2) is 48.5 Å². The number of methoxy groups -OCH3 is 1. The van der Waals surface area contributed by atoms with Crippen molar-refractivity contribution in [1.29, 1.82) is 0 Å². The largest absolute Gasteiger partial charge is 0.496 e. The van der Waals surface area contributed by atoms with Crippen molar-refractivity contribution in [2.75, 3.05) is 26.9 Å². The number of carbonyl (C=O) groups excluding carboxylic acids is 2. The predicted molar refractivity (Wildman–Crippen MR) is 97.6 cm³/mol. The number of esters is 1. The van der Waals surface area contributed by atoms with E-state index in [0.29, 0.717) is 30.9 Å². The summed E-state index contributed by atoms with van der Waals surface area (Å²) in [7, 11) is 1.61. The Labute approximate surface area is 153 Å². The lowest BCUT2D eigenvalue weighted by Crippen LogP contribution is -2.30. The fourth-order valence-electron chi connectivity index (χ4n) is 2.42. The Morgan fingerprint density at radius 1 is 1.00 bits per heavy atom. The van der Waals surface area contributed by atoms with Crippen LogP contribution in [-0.2, 0) is 16.0 Å². The highest BCUT2D eigenvalue weighted by molar-refractivity contribution is 5.93.